The molecular formula is C18H24N4O. The Morgan fingerprint density at radius 2 is 1.96 bits per heavy atom. The molecule has 5 heteroatoms. The van der Waals surface area contributed by atoms with Crippen molar-refractivity contribution in [3.63, 3.8) is 0 Å². The van der Waals surface area contributed by atoms with E-state index < -0.39 is 0 Å². The average Bonchev–Trinajstić information content (AvgIpc) is 2.52. The summed E-state index contributed by atoms with van der Waals surface area (Å²) >= 11 is 0. The first-order valence-electron chi connectivity index (χ1n) is 7.75. The van der Waals surface area contributed by atoms with Crippen molar-refractivity contribution in [1.82, 2.24) is 4.98 Å². The van der Waals surface area contributed by atoms with Gasteiger partial charge in [0.15, 0.2) is 0 Å². The Labute approximate surface area is 137 Å². The number of anilines is 3. The normalized spacial score (nSPS) is 10.5. The molecule has 2 rings (SSSR count). The van der Waals surface area contributed by atoms with Crippen molar-refractivity contribution in [1.29, 1.82) is 0 Å². The Kier molecular flexibility index (Phi) is 5.57. The minimum Gasteiger partial charge on any atom is -0.381 e. The molecule has 23 heavy (non-hydrogen) atoms. The predicted octanol–water partition coefficient (Wildman–Crippen LogP) is 3.50. The molecule has 2 N–H and O–H groups in total. The number of rotatable bonds is 6. The van der Waals surface area contributed by atoms with Gasteiger partial charge in [-0.2, -0.15) is 0 Å². The lowest BCUT2D eigenvalue weighted by molar-refractivity contribution is -0.114. The number of aromatic nitrogens is 1. The Hall–Kier alpha value is -2.56. The van der Waals surface area contributed by atoms with Crippen molar-refractivity contribution in [2.24, 2.45) is 0 Å². The zero-order valence-corrected chi connectivity index (χ0v) is 14.1. The summed E-state index contributed by atoms with van der Waals surface area (Å²) in [5.74, 6) is 0.896. The molecule has 0 spiro atoms. The van der Waals surface area contributed by atoms with Gasteiger partial charge in [0.2, 0.25) is 5.91 Å². The van der Waals surface area contributed by atoms with Crippen LogP contribution in [0.25, 0.3) is 0 Å². The summed E-state index contributed by atoms with van der Waals surface area (Å²) in [5, 5.41) is 6.12. The van der Waals surface area contributed by atoms with Crippen molar-refractivity contribution in [2.75, 3.05) is 22.6 Å². The molecule has 122 valence electrons. The van der Waals surface area contributed by atoms with Gasteiger partial charge < -0.3 is 15.5 Å². The molecule has 0 radical (unpaired) electrons. The van der Waals surface area contributed by atoms with E-state index >= 15 is 0 Å². The second-order valence-corrected chi connectivity index (χ2v) is 5.84. The van der Waals surface area contributed by atoms with Crippen LogP contribution in [0.3, 0.4) is 0 Å². The summed E-state index contributed by atoms with van der Waals surface area (Å²) in [6.07, 6.45) is 1.89. The zero-order chi connectivity index (χ0) is 16.8. The number of benzene rings is 1. The minimum atomic E-state index is -0.0730. The van der Waals surface area contributed by atoms with E-state index in [4.69, 9.17) is 0 Å². The minimum absolute atomic E-state index is 0.0730. The zero-order valence-electron chi connectivity index (χ0n) is 14.1. The van der Waals surface area contributed by atoms with Crippen molar-refractivity contribution in [2.45, 2.75) is 33.4 Å². The smallest absolute Gasteiger partial charge is 0.221 e. The van der Waals surface area contributed by atoms with Gasteiger partial charge in [-0.25, -0.2) is 4.98 Å². The van der Waals surface area contributed by atoms with Crippen molar-refractivity contribution >= 4 is 23.1 Å². The maximum absolute atomic E-state index is 11.1. The van der Waals surface area contributed by atoms with Crippen LogP contribution in [0.15, 0.2) is 42.6 Å². The SMILES string of the molecule is CC(=O)Nc1cccc(NCc2ccc(N(C)C(C)C)nc2)c1. The third-order valence-corrected chi connectivity index (χ3v) is 3.62. The molecule has 1 heterocycles. The van der Waals surface area contributed by atoms with Gasteiger partial charge >= 0.3 is 0 Å². The first-order valence-corrected chi connectivity index (χ1v) is 7.75. The topological polar surface area (TPSA) is 57.3 Å². The van der Waals surface area contributed by atoms with Gasteiger partial charge in [0, 0.05) is 44.1 Å². The van der Waals surface area contributed by atoms with E-state index in [0.717, 1.165) is 22.8 Å². The number of carbonyl (C=O) groups excluding carboxylic acids is 1. The van der Waals surface area contributed by atoms with E-state index in [-0.39, 0.29) is 5.91 Å². The molecule has 0 fully saturated rings. The number of hydrogen-bond acceptors (Lipinski definition) is 4. The molecule has 0 unspecified atom stereocenters. The first-order chi connectivity index (χ1) is 11.0. The Balaban J connectivity index is 1.97. The number of hydrogen-bond donors (Lipinski definition) is 2. The average molecular weight is 312 g/mol. The van der Waals surface area contributed by atoms with Crippen LogP contribution in [0, 0.1) is 0 Å². The third kappa shape index (κ3) is 4.98. The van der Waals surface area contributed by atoms with Crippen LogP contribution < -0.4 is 15.5 Å². The highest BCUT2D eigenvalue weighted by atomic mass is 16.1. The van der Waals surface area contributed by atoms with Crippen LogP contribution in [0.2, 0.25) is 0 Å². The van der Waals surface area contributed by atoms with E-state index in [1.807, 2.05) is 43.6 Å². The molecule has 0 atom stereocenters. The molecule has 1 amide bonds. The van der Waals surface area contributed by atoms with E-state index in [2.05, 4.69) is 40.4 Å². The number of amides is 1. The highest BCUT2D eigenvalue weighted by Crippen LogP contribution is 2.17. The fourth-order valence-corrected chi connectivity index (χ4v) is 2.11. The quantitative estimate of drug-likeness (QED) is 0.857. The summed E-state index contributed by atoms with van der Waals surface area (Å²) in [5.41, 5.74) is 2.85. The van der Waals surface area contributed by atoms with Crippen molar-refractivity contribution in [3.8, 4) is 0 Å². The lowest BCUT2D eigenvalue weighted by Gasteiger charge is -2.22. The second-order valence-electron chi connectivity index (χ2n) is 5.84. The maximum atomic E-state index is 11.1. The van der Waals surface area contributed by atoms with Crippen LogP contribution in [-0.2, 0) is 11.3 Å². The van der Waals surface area contributed by atoms with Gasteiger partial charge in [-0.15, -0.1) is 0 Å². The summed E-state index contributed by atoms with van der Waals surface area (Å²) in [4.78, 5) is 17.7. The van der Waals surface area contributed by atoms with Crippen LogP contribution in [0.1, 0.15) is 26.3 Å². The fraction of sp³-hybridized carbons (Fsp3) is 0.333. The lowest BCUT2D eigenvalue weighted by Crippen LogP contribution is -2.26. The predicted molar refractivity (Wildman–Crippen MR) is 95.8 cm³/mol. The molecule has 1 aromatic carbocycles. The molecule has 5 nitrogen and oxygen atoms in total. The Morgan fingerprint density at radius 3 is 2.57 bits per heavy atom. The van der Waals surface area contributed by atoms with Crippen LogP contribution in [0.5, 0.6) is 0 Å². The van der Waals surface area contributed by atoms with Gasteiger partial charge in [-0.1, -0.05) is 12.1 Å². The third-order valence-electron chi connectivity index (χ3n) is 3.62. The highest BCUT2D eigenvalue weighted by molar-refractivity contribution is 5.89. The van der Waals surface area contributed by atoms with Crippen molar-refractivity contribution in [3.05, 3.63) is 48.2 Å². The fourth-order valence-electron chi connectivity index (χ4n) is 2.11. The molecule has 2 aromatic rings. The Morgan fingerprint density at radius 1 is 1.22 bits per heavy atom. The van der Waals surface area contributed by atoms with Gasteiger partial charge in [0.05, 0.1) is 0 Å². The van der Waals surface area contributed by atoms with Gasteiger partial charge in [0.25, 0.3) is 0 Å². The highest BCUT2D eigenvalue weighted by Gasteiger charge is 2.06. The van der Waals surface area contributed by atoms with Crippen LogP contribution in [0.4, 0.5) is 17.2 Å². The van der Waals surface area contributed by atoms with Gasteiger partial charge in [-0.3, -0.25) is 4.79 Å². The van der Waals surface area contributed by atoms with E-state index in [1.165, 1.54) is 6.92 Å². The number of carbonyl (C=O) groups is 1. The first kappa shape index (κ1) is 16.8. The van der Waals surface area contributed by atoms with E-state index in [1.54, 1.807) is 0 Å². The van der Waals surface area contributed by atoms with E-state index in [0.29, 0.717) is 12.6 Å². The van der Waals surface area contributed by atoms with Crippen molar-refractivity contribution < 1.29 is 4.79 Å². The molecule has 0 saturated carbocycles. The Bertz CT molecular complexity index is 652. The van der Waals surface area contributed by atoms with Gasteiger partial charge in [-0.05, 0) is 43.7 Å². The second kappa shape index (κ2) is 7.63. The molecule has 0 aliphatic carbocycles. The summed E-state index contributed by atoms with van der Waals surface area (Å²) in [6, 6.07) is 12.2. The molecule has 0 saturated heterocycles. The molecule has 0 aliphatic heterocycles. The van der Waals surface area contributed by atoms with Crippen LogP contribution >= 0.6 is 0 Å². The van der Waals surface area contributed by atoms with Crippen LogP contribution in [-0.4, -0.2) is 24.0 Å². The maximum Gasteiger partial charge on any atom is 0.221 e. The number of pyridine rings is 1. The number of nitrogens with zero attached hydrogens (tertiary/aromatic N) is 2. The molecule has 0 aliphatic rings. The molecular weight excluding hydrogens is 288 g/mol. The summed E-state index contributed by atoms with van der Waals surface area (Å²) in [7, 11) is 2.04. The van der Waals surface area contributed by atoms with Gasteiger partial charge in [0.1, 0.15) is 5.82 Å². The monoisotopic (exact) mass is 312 g/mol. The molecule has 1 aromatic heterocycles. The largest absolute Gasteiger partial charge is 0.381 e. The number of nitrogens with one attached hydrogen (secondary N) is 2. The standard InChI is InChI=1S/C18H24N4O/c1-13(2)22(4)18-9-8-15(12-20-18)11-19-16-6-5-7-17(10-16)21-14(3)23/h5-10,12-13,19H,11H2,1-4H3,(H,21,23). The summed E-state index contributed by atoms with van der Waals surface area (Å²) < 4.78 is 0. The lowest BCUT2D eigenvalue weighted by atomic mass is 10.2. The molecule has 0 bridgehead atoms. The van der Waals surface area contributed by atoms with E-state index in [9.17, 15) is 4.79 Å². The summed E-state index contributed by atoms with van der Waals surface area (Å²) in [6.45, 7) is 6.46.